The first kappa shape index (κ1) is 42.2. The number of nitrogens with one attached hydrogen (secondary N) is 1. The fourth-order valence-corrected chi connectivity index (χ4v) is 9.60. The summed E-state index contributed by atoms with van der Waals surface area (Å²) in [6.45, 7) is 6.40. The van der Waals surface area contributed by atoms with Crippen molar-refractivity contribution in [3.8, 4) is 22.6 Å². The Morgan fingerprint density at radius 2 is 1.63 bits per heavy atom. The number of nitrogens with zero attached hydrogens (tertiary/aromatic N) is 5. The van der Waals surface area contributed by atoms with Gasteiger partial charge in [0.25, 0.3) is 0 Å². The molecule has 12 nitrogen and oxygen atoms in total. The third kappa shape index (κ3) is 9.30. The second kappa shape index (κ2) is 19.0. The maximum atomic E-state index is 14.0. The molecule has 0 radical (unpaired) electrons. The number of aromatic nitrogens is 3. The van der Waals surface area contributed by atoms with Gasteiger partial charge < -0.3 is 29.0 Å². The summed E-state index contributed by atoms with van der Waals surface area (Å²) in [5.74, 6) is 1.21. The highest BCUT2D eigenvalue weighted by Gasteiger charge is 2.29. The number of carbonyl (C=O) groups is 1. The van der Waals surface area contributed by atoms with Crippen LogP contribution in [0.4, 0.5) is 5.69 Å². The fraction of sp³-hybridized carbons (Fsp3) is 0.378. The average molecular weight is 886 g/mol. The molecule has 0 aliphatic carbocycles. The van der Waals surface area contributed by atoms with Crippen LogP contribution >= 0.6 is 15.9 Å². The number of fused-ring (bicyclic) bond motifs is 2. The lowest BCUT2D eigenvalue weighted by Crippen LogP contribution is -2.48. The van der Waals surface area contributed by atoms with Gasteiger partial charge in [0.05, 0.1) is 30.7 Å². The van der Waals surface area contributed by atoms with Crippen LogP contribution in [0.25, 0.3) is 32.8 Å². The van der Waals surface area contributed by atoms with Crippen LogP contribution in [-0.2, 0) is 46.7 Å². The quantitative estimate of drug-likeness (QED) is 0.0531. The molecule has 0 saturated carbocycles. The summed E-state index contributed by atoms with van der Waals surface area (Å²) >= 11 is 3.75. The molecule has 0 spiro atoms. The van der Waals surface area contributed by atoms with Gasteiger partial charge in [0, 0.05) is 72.7 Å². The van der Waals surface area contributed by atoms with Crippen LogP contribution in [-0.4, -0.2) is 92.3 Å². The number of esters is 1. The van der Waals surface area contributed by atoms with Gasteiger partial charge in [0.2, 0.25) is 10.0 Å². The zero-order chi connectivity index (χ0) is 41.5. The first-order valence-electron chi connectivity index (χ1n) is 20.2. The lowest BCUT2D eigenvalue weighted by molar-refractivity contribution is 0.0512. The normalized spacial score (nSPS) is 13.7. The summed E-state index contributed by atoms with van der Waals surface area (Å²) in [5, 5.41) is 12.0. The highest BCUT2D eigenvalue weighted by Crippen LogP contribution is 2.40. The van der Waals surface area contributed by atoms with Crippen LogP contribution in [0.3, 0.4) is 0 Å². The highest BCUT2D eigenvalue weighted by molar-refractivity contribution is 9.08. The lowest BCUT2D eigenvalue weighted by atomic mass is 9.98. The monoisotopic (exact) mass is 884 g/mol. The predicted octanol–water partition coefficient (Wildman–Crippen LogP) is 7.55. The molecule has 1 fully saturated rings. The number of para-hydroxylation sites is 1. The molecule has 4 aromatic carbocycles. The standard InChI is InChI=1S/C45H53BrN6O6S/c1-5-56-45(53)44-37(17-10-29-57-41-18-8-13-32-12-6-7-14-35(32)41)36-15-9-16-38(43(36)52(44)24-11-23-47-2)42-39(48-49(3)40(42)30-46)31-58-34-21-19-33(20-22-34)50-25-27-51(28-26-50)59(4,54)55/h6-9,12-16,18-22,47H,5,10-11,17,23-31H2,1-4H3. The van der Waals surface area contributed by atoms with Gasteiger partial charge in [-0.2, -0.15) is 9.40 Å². The van der Waals surface area contributed by atoms with Crippen molar-refractivity contribution in [1.82, 2.24) is 24.0 Å². The largest absolute Gasteiger partial charge is 0.493 e. The minimum Gasteiger partial charge on any atom is -0.493 e. The number of sulfonamides is 1. The number of benzene rings is 4. The molecule has 312 valence electrons. The number of alkyl halides is 1. The zero-order valence-corrected chi connectivity index (χ0v) is 36.6. The van der Waals surface area contributed by atoms with Crippen molar-refractivity contribution in [1.29, 1.82) is 0 Å². The number of halogens is 1. The minimum atomic E-state index is -3.20. The number of ether oxygens (including phenoxy) is 3. The first-order valence-corrected chi connectivity index (χ1v) is 23.2. The van der Waals surface area contributed by atoms with E-state index in [-0.39, 0.29) is 19.2 Å². The number of rotatable bonds is 18. The number of aryl methyl sites for hydroxylation is 3. The van der Waals surface area contributed by atoms with Gasteiger partial charge in [0.15, 0.2) is 0 Å². The number of carbonyl (C=O) groups excluding carboxylic acids is 1. The van der Waals surface area contributed by atoms with E-state index < -0.39 is 10.0 Å². The van der Waals surface area contributed by atoms with E-state index >= 15 is 0 Å². The van der Waals surface area contributed by atoms with Gasteiger partial charge in [-0.05, 0) is 81.1 Å². The van der Waals surface area contributed by atoms with Gasteiger partial charge in [-0.15, -0.1) is 0 Å². The van der Waals surface area contributed by atoms with E-state index in [1.807, 2.05) is 74.2 Å². The molecule has 0 bridgehead atoms. The third-order valence-electron chi connectivity index (χ3n) is 11.0. The summed E-state index contributed by atoms with van der Waals surface area (Å²) in [4.78, 5) is 16.2. The molecule has 3 heterocycles. The maximum absolute atomic E-state index is 14.0. The van der Waals surface area contributed by atoms with Crippen molar-refractivity contribution in [2.75, 3.05) is 64.1 Å². The van der Waals surface area contributed by atoms with Gasteiger partial charge in [0.1, 0.15) is 29.5 Å². The van der Waals surface area contributed by atoms with Gasteiger partial charge in [-0.25, -0.2) is 13.2 Å². The molecule has 1 N–H and O–H groups in total. The molecular formula is C45H53BrN6O6S. The Morgan fingerprint density at radius 3 is 2.36 bits per heavy atom. The second-order valence-corrected chi connectivity index (χ2v) is 17.3. The molecule has 7 rings (SSSR count). The number of anilines is 1. The van der Waals surface area contributed by atoms with E-state index in [0.717, 1.165) is 74.2 Å². The Morgan fingerprint density at radius 1 is 0.898 bits per heavy atom. The van der Waals surface area contributed by atoms with E-state index in [0.29, 0.717) is 68.9 Å². The Kier molecular flexibility index (Phi) is 13.6. The summed E-state index contributed by atoms with van der Waals surface area (Å²) in [6, 6.07) is 28.5. The Labute approximate surface area is 355 Å². The van der Waals surface area contributed by atoms with Gasteiger partial charge in [-0.3, -0.25) is 4.68 Å². The Bertz CT molecular complexity index is 2510. The average Bonchev–Trinajstić information content (AvgIpc) is 3.74. The van der Waals surface area contributed by atoms with E-state index in [9.17, 15) is 13.2 Å². The summed E-state index contributed by atoms with van der Waals surface area (Å²) < 4.78 is 48.1. The Hall–Kier alpha value is -4.89. The van der Waals surface area contributed by atoms with Crippen molar-refractivity contribution in [3.63, 3.8) is 0 Å². The van der Waals surface area contributed by atoms with Gasteiger partial charge in [-0.1, -0.05) is 70.5 Å². The zero-order valence-electron chi connectivity index (χ0n) is 34.2. The SMILES string of the molecule is CCOC(=O)c1c(CCCOc2cccc3ccccc23)c2cccc(-c3c(COc4ccc(N5CCN(S(C)(=O)=O)CC5)cc4)nn(C)c3CBr)c2n1CCCNC. The molecule has 0 amide bonds. The van der Waals surface area contributed by atoms with Crippen LogP contribution in [0.15, 0.2) is 84.9 Å². The Balaban J connectivity index is 1.20. The van der Waals surface area contributed by atoms with Crippen molar-refractivity contribution in [2.24, 2.45) is 7.05 Å². The molecule has 2 aromatic heterocycles. The molecule has 0 atom stereocenters. The first-order chi connectivity index (χ1) is 28.6. The van der Waals surface area contributed by atoms with E-state index in [1.165, 1.54) is 10.6 Å². The van der Waals surface area contributed by atoms with Crippen LogP contribution in [0.5, 0.6) is 11.5 Å². The van der Waals surface area contributed by atoms with Crippen molar-refractivity contribution < 1.29 is 27.4 Å². The van der Waals surface area contributed by atoms with E-state index in [2.05, 4.69) is 67.1 Å². The fourth-order valence-electron chi connectivity index (χ4n) is 8.13. The molecule has 14 heteroatoms. The molecule has 1 aliphatic heterocycles. The van der Waals surface area contributed by atoms with E-state index in [1.54, 1.807) is 0 Å². The number of hydrogen-bond donors (Lipinski definition) is 1. The topological polar surface area (TPSA) is 120 Å². The van der Waals surface area contributed by atoms with Crippen LogP contribution in [0.2, 0.25) is 0 Å². The summed E-state index contributed by atoms with van der Waals surface area (Å²) in [6.07, 6.45) is 3.39. The van der Waals surface area contributed by atoms with Crippen LogP contribution in [0.1, 0.15) is 47.2 Å². The van der Waals surface area contributed by atoms with Crippen LogP contribution < -0.4 is 19.7 Å². The lowest BCUT2D eigenvalue weighted by Gasteiger charge is -2.34. The minimum absolute atomic E-state index is 0.225. The summed E-state index contributed by atoms with van der Waals surface area (Å²) in [7, 11) is 0.682. The molecule has 59 heavy (non-hydrogen) atoms. The number of hydrogen-bond acceptors (Lipinski definition) is 9. The molecule has 6 aromatic rings. The molecule has 1 saturated heterocycles. The molecule has 1 aliphatic rings. The highest BCUT2D eigenvalue weighted by atomic mass is 79.9. The smallest absolute Gasteiger partial charge is 0.355 e. The summed E-state index contributed by atoms with van der Waals surface area (Å²) in [5.41, 5.74) is 7.22. The third-order valence-corrected chi connectivity index (χ3v) is 12.8. The van der Waals surface area contributed by atoms with Crippen molar-refractivity contribution >= 4 is 59.3 Å². The van der Waals surface area contributed by atoms with Gasteiger partial charge >= 0.3 is 5.97 Å². The molecule has 0 unspecified atom stereocenters. The molecular weight excluding hydrogens is 833 g/mol. The second-order valence-electron chi connectivity index (χ2n) is 14.7. The maximum Gasteiger partial charge on any atom is 0.355 e. The van der Waals surface area contributed by atoms with E-state index in [4.69, 9.17) is 19.3 Å². The van der Waals surface area contributed by atoms with Crippen molar-refractivity contribution in [3.05, 3.63) is 108 Å². The van der Waals surface area contributed by atoms with Crippen LogP contribution in [0, 0.1) is 0 Å². The number of piperazine rings is 1. The predicted molar refractivity (Wildman–Crippen MR) is 238 cm³/mol. The van der Waals surface area contributed by atoms with Crippen molar-refractivity contribution in [2.45, 2.75) is 44.7 Å².